The van der Waals surface area contributed by atoms with Gasteiger partial charge in [-0.15, -0.1) is 0 Å². The largest absolute Gasteiger partial charge is 0.507 e. The van der Waals surface area contributed by atoms with Gasteiger partial charge in [0.05, 0.1) is 30.7 Å². The van der Waals surface area contributed by atoms with Crippen LogP contribution in [0.3, 0.4) is 0 Å². The highest BCUT2D eigenvalue weighted by atomic mass is 16.5. The summed E-state index contributed by atoms with van der Waals surface area (Å²) in [6.07, 6.45) is 8.15. The van der Waals surface area contributed by atoms with Gasteiger partial charge in [0.1, 0.15) is 17.3 Å². The van der Waals surface area contributed by atoms with Gasteiger partial charge in [-0.25, -0.2) is 14.8 Å². The molecule has 4 N–H and O–H groups in total. The average molecular weight is 464 g/mol. The number of nitrogens with zero attached hydrogens (tertiary/aromatic N) is 4. The summed E-state index contributed by atoms with van der Waals surface area (Å²) in [5.41, 5.74) is 9.54. The third-order valence-electron chi connectivity index (χ3n) is 6.73. The Morgan fingerprint density at radius 3 is 2.68 bits per heavy atom. The van der Waals surface area contributed by atoms with Gasteiger partial charge in [0, 0.05) is 31.0 Å². The number of benzene rings is 1. The molecule has 2 aliphatic rings. The molecule has 178 valence electrons. The summed E-state index contributed by atoms with van der Waals surface area (Å²) in [7, 11) is 0. The maximum atomic E-state index is 11.4. The van der Waals surface area contributed by atoms with E-state index in [0.717, 1.165) is 11.1 Å². The van der Waals surface area contributed by atoms with E-state index in [4.69, 9.17) is 10.5 Å². The Labute approximate surface area is 197 Å². The zero-order valence-electron chi connectivity index (χ0n) is 18.9. The van der Waals surface area contributed by atoms with Crippen molar-refractivity contribution in [1.82, 2.24) is 19.4 Å². The fourth-order valence-electron chi connectivity index (χ4n) is 4.61. The van der Waals surface area contributed by atoms with Crippen molar-refractivity contribution in [3.8, 4) is 22.8 Å². The molecule has 1 aliphatic carbocycles. The van der Waals surface area contributed by atoms with Gasteiger partial charge in [-0.1, -0.05) is 6.07 Å². The van der Waals surface area contributed by atoms with Crippen LogP contribution in [0.2, 0.25) is 0 Å². The number of rotatable bonds is 7. The molecule has 0 radical (unpaired) electrons. The van der Waals surface area contributed by atoms with Crippen LogP contribution in [0, 0.1) is 5.92 Å². The summed E-state index contributed by atoms with van der Waals surface area (Å²) in [5, 5.41) is 20.1. The molecular weight excluding hydrogens is 434 g/mol. The van der Waals surface area contributed by atoms with Crippen molar-refractivity contribution >= 4 is 11.9 Å². The fourth-order valence-corrected chi connectivity index (χ4v) is 4.61. The Bertz CT molecular complexity index is 1170. The summed E-state index contributed by atoms with van der Waals surface area (Å²) >= 11 is 0. The van der Waals surface area contributed by atoms with Crippen LogP contribution in [0.25, 0.3) is 11.3 Å². The van der Waals surface area contributed by atoms with E-state index in [1.807, 2.05) is 22.9 Å². The van der Waals surface area contributed by atoms with Crippen molar-refractivity contribution in [1.29, 1.82) is 0 Å². The number of phenolic OH excluding ortho intramolecular Hbond substituents is 1. The SMILES string of the molecule is Nc1nc(-c2c(O)cccc2OCC2CC2)cc(C2CCN(C(=O)O)CC2)c1Cn1ccnc1. The predicted octanol–water partition coefficient (Wildman–Crippen LogP) is 3.93. The van der Waals surface area contributed by atoms with Crippen LogP contribution in [0.4, 0.5) is 10.6 Å². The van der Waals surface area contributed by atoms with Crippen LogP contribution in [-0.2, 0) is 6.54 Å². The number of amides is 1. The van der Waals surface area contributed by atoms with E-state index in [0.29, 0.717) is 67.8 Å². The molecule has 2 aromatic heterocycles. The van der Waals surface area contributed by atoms with E-state index >= 15 is 0 Å². The van der Waals surface area contributed by atoms with E-state index in [1.54, 1.807) is 24.7 Å². The van der Waals surface area contributed by atoms with E-state index in [2.05, 4.69) is 9.97 Å². The molecule has 1 amide bonds. The van der Waals surface area contributed by atoms with Gasteiger partial charge in [-0.05, 0) is 61.3 Å². The smallest absolute Gasteiger partial charge is 0.407 e. The summed E-state index contributed by atoms with van der Waals surface area (Å²) in [5.74, 6) is 1.76. The number of ether oxygens (including phenoxy) is 1. The zero-order chi connectivity index (χ0) is 23.7. The molecule has 9 nitrogen and oxygen atoms in total. The molecule has 0 atom stereocenters. The van der Waals surface area contributed by atoms with E-state index < -0.39 is 6.09 Å². The fraction of sp³-hybridized carbons (Fsp3) is 0.400. The van der Waals surface area contributed by atoms with Crippen LogP contribution in [0.15, 0.2) is 43.0 Å². The molecule has 0 bridgehead atoms. The highest BCUT2D eigenvalue weighted by Crippen LogP contribution is 2.42. The third-order valence-corrected chi connectivity index (χ3v) is 6.73. The molecule has 2 fully saturated rings. The maximum absolute atomic E-state index is 11.4. The number of hydrogen-bond donors (Lipinski definition) is 3. The number of carboxylic acid groups (broad SMARTS) is 1. The minimum atomic E-state index is -0.890. The van der Waals surface area contributed by atoms with Gasteiger partial charge in [0.15, 0.2) is 0 Å². The Morgan fingerprint density at radius 2 is 2.00 bits per heavy atom. The number of piperidine rings is 1. The lowest BCUT2D eigenvalue weighted by molar-refractivity contribution is 0.132. The number of phenols is 1. The van der Waals surface area contributed by atoms with E-state index in [-0.39, 0.29) is 11.7 Å². The topological polar surface area (TPSA) is 127 Å². The molecule has 0 spiro atoms. The second-order valence-corrected chi connectivity index (χ2v) is 9.14. The first-order valence-electron chi connectivity index (χ1n) is 11.7. The standard InChI is InChI=1S/C25H29N5O4/c26-24-19(13-29-11-8-27-15-29)18(17-6-9-30(10-7-17)25(32)33)12-20(28-24)23-21(31)2-1-3-22(23)34-14-16-4-5-16/h1-3,8,11-12,15-17,31H,4-7,9-10,13-14H2,(H2,26,28)(H,32,33). The molecule has 0 unspecified atom stereocenters. The van der Waals surface area contributed by atoms with Gasteiger partial charge in [-0.3, -0.25) is 0 Å². The lowest BCUT2D eigenvalue weighted by Gasteiger charge is -2.32. The van der Waals surface area contributed by atoms with Crippen LogP contribution in [-0.4, -0.2) is 55.4 Å². The van der Waals surface area contributed by atoms with Crippen LogP contribution in [0.5, 0.6) is 11.5 Å². The Hall–Kier alpha value is -3.75. The second-order valence-electron chi connectivity index (χ2n) is 9.14. The number of imidazole rings is 1. The Balaban J connectivity index is 1.54. The number of nitrogen functional groups attached to an aromatic ring is 1. The Morgan fingerprint density at radius 1 is 1.21 bits per heavy atom. The van der Waals surface area contributed by atoms with Gasteiger partial charge in [0.2, 0.25) is 0 Å². The van der Waals surface area contributed by atoms with Gasteiger partial charge < -0.3 is 30.2 Å². The monoisotopic (exact) mass is 463 g/mol. The van der Waals surface area contributed by atoms with Gasteiger partial charge >= 0.3 is 6.09 Å². The normalized spacial score (nSPS) is 16.5. The Kier molecular flexibility index (Phi) is 6.00. The third kappa shape index (κ3) is 4.64. The first kappa shape index (κ1) is 22.1. The summed E-state index contributed by atoms with van der Waals surface area (Å²) in [6.45, 7) is 2.06. The van der Waals surface area contributed by atoms with E-state index in [1.165, 1.54) is 17.7 Å². The molecule has 3 aromatic rings. The van der Waals surface area contributed by atoms with Crippen molar-refractivity contribution in [2.45, 2.75) is 38.1 Å². The second kappa shape index (κ2) is 9.24. The molecule has 3 heterocycles. The number of pyridine rings is 1. The minimum absolute atomic E-state index is 0.0919. The van der Waals surface area contributed by atoms with Crippen LogP contribution in [0.1, 0.15) is 42.7 Å². The number of aromatic nitrogens is 3. The predicted molar refractivity (Wildman–Crippen MR) is 127 cm³/mol. The molecule has 34 heavy (non-hydrogen) atoms. The summed E-state index contributed by atoms with van der Waals surface area (Å²) < 4.78 is 7.99. The van der Waals surface area contributed by atoms with Crippen molar-refractivity contribution in [3.63, 3.8) is 0 Å². The number of nitrogens with two attached hydrogens (primary N) is 1. The van der Waals surface area contributed by atoms with Crippen molar-refractivity contribution in [2.75, 3.05) is 25.4 Å². The molecular formula is C25H29N5O4. The number of carbonyl (C=O) groups is 1. The van der Waals surface area contributed by atoms with Crippen LogP contribution < -0.4 is 10.5 Å². The average Bonchev–Trinajstić information content (AvgIpc) is 3.52. The summed E-state index contributed by atoms with van der Waals surface area (Å²) in [4.78, 5) is 21.7. The number of aromatic hydroxyl groups is 1. The van der Waals surface area contributed by atoms with Crippen molar-refractivity contribution < 1.29 is 19.7 Å². The summed E-state index contributed by atoms with van der Waals surface area (Å²) in [6, 6.07) is 7.23. The minimum Gasteiger partial charge on any atom is -0.507 e. The molecule has 1 aliphatic heterocycles. The molecule has 1 saturated carbocycles. The van der Waals surface area contributed by atoms with E-state index in [9.17, 15) is 15.0 Å². The maximum Gasteiger partial charge on any atom is 0.407 e. The zero-order valence-corrected chi connectivity index (χ0v) is 18.9. The molecule has 9 heteroatoms. The first-order valence-corrected chi connectivity index (χ1v) is 11.7. The van der Waals surface area contributed by atoms with Gasteiger partial charge in [0.25, 0.3) is 0 Å². The number of anilines is 1. The highest BCUT2D eigenvalue weighted by molar-refractivity contribution is 5.76. The molecule has 1 aromatic carbocycles. The van der Waals surface area contributed by atoms with Crippen molar-refractivity contribution in [2.24, 2.45) is 5.92 Å². The lowest BCUT2D eigenvalue weighted by atomic mass is 9.85. The highest BCUT2D eigenvalue weighted by Gasteiger charge is 2.28. The quantitative estimate of drug-likeness (QED) is 0.484. The first-order chi connectivity index (χ1) is 16.5. The lowest BCUT2D eigenvalue weighted by Crippen LogP contribution is -2.37. The van der Waals surface area contributed by atoms with Crippen LogP contribution >= 0.6 is 0 Å². The number of likely N-dealkylation sites (tertiary alicyclic amines) is 1. The number of hydrogen-bond acceptors (Lipinski definition) is 6. The molecule has 1 saturated heterocycles. The van der Waals surface area contributed by atoms with Crippen molar-refractivity contribution in [3.05, 3.63) is 54.1 Å². The van der Waals surface area contributed by atoms with Gasteiger partial charge in [-0.2, -0.15) is 0 Å². The molecule has 5 rings (SSSR count).